The van der Waals surface area contributed by atoms with E-state index in [0.717, 1.165) is 5.75 Å². The number of benzene rings is 2. The summed E-state index contributed by atoms with van der Waals surface area (Å²) >= 11 is 0. The van der Waals surface area contributed by atoms with Crippen LogP contribution in [0.5, 0.6) is 17.2 Å². The summed E-state index contributed by atoms with van der Waals surface area (Å²) in [4.78, 5) is 12.3. The minimum atomic E-state index is -0.184. The monoisotopic (exact) mass is 329 g/mol. The third-order valence-corrected chi connectivity index (χ3v) is 3.54. The Morgan fingerprint density at radius 1 is 1.04 bits per heavy atom. The van der Waals surface area contributed by atoms with Gasteiger partial charge >= 0.3 is 0 Å². The van der Waals surface area contributed by atoms with Crippen molar-refractivity contribution in [3.8, 4) is 17.2 Å². The Bertz CT molecular complexity index is 682. The summed E-state index contributed by atoms with van der Waals surface area (Å²) in [5.74, 6) is 1.71. The molecule has 0 spiro atoms. The molecule has 0 aliphatic carbocycles. The average molecular weight is 329 g/mol. The van der Waals surface area contributed by atoms with Crippen LogP contribution in [0.25, 0.3) is 0 Å². The Morgan fingerprint density at radius 3 is 2.33 bits per heavy atom. The molecule has 24 heavy (non-hydrogen) atoms. The Kier molecular flexibility index (Phi) is 6.07. The molecule has 1 unspecified atom stereocenters. The van der Waals surface area contributed by atoms with Crippen molar-refractivity contribution >= 4 is 5.91 Å². The molecule has 1 amide bonds. The first kappa shape index (κ1) is 17.7. The number of hydrogen-bond acceptors (Lipinski definition) is 4. The number of rotatable bonds is 7. The Hall–Kier alpha value is -2.69. The summed E-state index contributed by atoms with van der Waals surface area (Å²) in [5, 5.41) is 2.91. The maximum atomic E-state index is 12.3. The molecule has 128 valence electrons. The molecule has 0 aromatic heterocycles. The van der Waals surface area contributed by atoms with Crippen molar-refractivity contribution in [2.75, 3.05) is 20.8 Å². The van der Waals surface area contributed by atoms with Gasteiger partial charge in [-0.2, -0.15) is 0 Å². The number of nitrogens with one attached hydrogen (secondary N) is 1. The first-order valence-electron chi connectivity index (χ1n) is 7.76. The predicted molar refractivity (Wildman–Crippen MR) is 93.1 cm³/mol. The third kappa shape index (κ3) is 4.65. The van der Waals surface area contributed by atoms with E-state index in [9.17, 15) is 4.79 Å². The average Bonchev–Trinajstić information content (AvgIpc) is 2.60. The van der Waals surface area contributed by atoms with Crippen LogP contribution in [0.15, 0.2) is 42.5 Å². The highest BCUT2D eigenvalue weighted by atomic mass is 16.5. The Morgan fingerprint density at radius 2 is 1.71 bits per heavy atom. The van der Waals surface area contributed by atoms with Crippen molar-refractivity contribution < 1.29 is 19.0 Å². The maximum Gasteiger partial charge on any atom is 0.251 e. The van der Waals surface area contributed by atoms with Gasteiger partial charge in [-0.15, -0.1) is 0 Å². The summed E-state index contributed by atoms with van der Waals surface area (Å²) in [6.45, 7) is 4.31. The van der Waals surface area contributed by atoms with Gasteiger partial charge in [0.05, 0.1) is 20.3 Å². The zero-order valence-electron chi connectivity index (χ0n) is 14.5. The van der Waals surface area contributed by atoms with Crippen LogP contribution in [0.1, 0.15) is 22.8 Å². The molecule has 0 aliphatic rings. The summed E-state index contributed by atoms with van der Waals surface area (Å²) in [5.41, 5.74) is 1.69. The number of carbonyl (C=O) groups excluding carboxylic acids is 1. The molecule has 0 saturated carbocycles. The minimum Gasteiger partial charge on any atom is -0.493 e. The predicted octanol–water partition coefficient (Wildman–Crippen LogP) is 3.21. The van der Waals surface area contributed by atoms with Crippen molar-refractivity contribution in [1.29, 1.82) is 0 Å². The van der Waals surface area contributed by atoms with Crippen LogP contribution in [-0.4, -0.2) is 32.8 Å². The molecule has 5 nitrogen and oxygen atoms in total. The van der Waals surface area contributed by atoms with Crippen LogP contribution in [0.2, 0.25) is 0 Å². The number of hydrogen-bond donors (Lipinski definition) is 1. The van der Waals surface area contributed by atoms with E-state index in [1.165, 1.54) is 12.7 Å². The van der Waals surface area contributed by atoms with Crippen molar-refractivity contribution in [3.63, 3.8) is 0 Å². The lowest BCUT2D eigenvalue weighted by molar-refractivity contribution is 0.0926. The number of aryl methyl sites for hydroxylation is 1. The maximum absolute atomic E-state index is 12.3. The van der Waals surface area contributed by atoms with Gasteiger partial charge in [0.2, 0.25) is 0 Å². The zero-order valence-corrected chi connectivity index (χ0v) is 14.5. The first-order chi connectivity index (χ1) is 11.5. The van der Waals surface area contributed by atoms with Crippen LogP contribution in [0.3, 0.4) is 0 Å². The van der Waals surface area contributed by atoms with Gasteiger partial charge in [0, 0.05) is 5.56 Å². The fourth-order valence-corrected chi connectivity index (χ4v) is 2.18. The summed E-state index contributed by atoms with van der Waals surface area (Å²) in [7, 11) is 3.10. The van der Waals surface area contributed by atoms with Crippen molar-refractivity contribution in [2.24, 2.45) is 0 Å². The lowest BCUT2D eigenvalue weighted by Gasteiger charge is -2.16. The second-order valence-corrected chi connectivity index (χ2v) is 5.57. The van der Waals surface area contributed by atoms with Gasteiger partial charge in [0.15, 0.2) is 11.5 Å². The second kappa shape index (κ2) is 8.24. The molecule has 2 aromatic carbocycles. The van der Waals surface area contributed by atoms with E-state index in [1.807, 2.05) is 38.1 Å². The van der Waals surface area contributed by atoms with Gasteiger partial charge < -0.3 is 19.5 Å². The fourth-order valence-electron chi connectivity index (χ4n) is 2.18. The van der Waals surface area contributed by atoms with Crippen LogP contribution in [0, 0.1) is 6.92 Å². The second-order valence-electron chi connectivity index (χ2n) is 5.57. The molecule has 1 atom stereocenters. The van der Waals surface area contributed by atoms with Gasteiger partial charge in [-0.1, -0.05) is 17.7 Å². The van der Waals surface area contributed by atoms with Crippen LogP contribution >= 0.6 is 0 Å². The fraction of sp³-hybridized carbons (Fsp3) is 0.316. The Balaban J connectivity index is 1.92. The summed E-state index contributed by atoms with van der Waals surface area (Å²) < 4.78 is 16.1. The molecule has 1 N–H and O–H groups in total. The number of ether oxygens (including phenoxy) is 3. The lowest BCUT2D eigenvalue weighted by atomic mass is 10.1. The molecule has 0 fully saturated rings. The van der Waals surface area contributed by atoms with Crippen molar-refractivity contribution in [3.05, 3.63) is 53.6 Å². The van der Waals surface area contributed by atoms with E-state index in [-0.39, 0.29) is 11.9 Å². The summed E-state index contributed by atoms with van der Waals surface area (Å²) in [6.07, 6.45) is 0. The largest absolute Gasteiger partial charge is 0.493 e. The SMILES string of the molecule is COc1ccc(C(=O)NC(C)COc2ccc(C)cc2)cc1OC. The van der Waals surface area contributed by atoms with Crippen molar-refractivity contribution in [2.45, 2.75) is 19.9 Å². The van der Waals surface area contributed by atoms with Gasteiger partial charge in [0.1, 0.15) is 12.4 Å². The molecule has 0 heterocycles. The minimum absolute atomic E-state index is 0.133. The van der Waals surface area contributed by atoms with Crippen LogP contribution in [-0.2, 0) is 0 Å². The highest BCUT2D eigenvalue weighted by Crippen LogP contribution is 2.27. The molecule has 0 saturated heterocycles. The highest BCUT2D eigenvalue weighted by molar-refractivity contribution is 5.95. The van der Waals surface area contributed by atoms with E-state index < -0.39 is 0 Å². The molecule has 2 rings (SSSR count). The highest BCUT2D eigenvalue weighted by Gasteiger charge is 2.13. The van der Waals surface area contributed by atoms with E-state index in [4.69, 9.17) is 14.2 Å². The van der Waals surface area contributed by atoms with Gasteiger partial charge in [-0.25, -0.2) is 0 Å². The molecular weight excluding hydrogens is 306 g/mol. The van der Waals surface area contributed by atoms with Crippen molar-refractivity contribution in [1.82, 2.24) is 5.32 Å². The molecule has 0 aliphatic heterocycles. The lowest BCUT2D eigenvalue weighted by Crippen LogP contribution is -2.36. The topological polar surface area (TPSA) is 56.8 Å². The molecule has 2 aromatic rings. The number of carbonyl (C=O) groups is 1. The number of methoxy groups -OCH3 is 2. The first-order valence-corrected chi connectivity index (χ1v) is 7.76. The number of amides is 1. The normalized spacial score (nSPS) is 11.5. The smallest absolute Gasteiger partial charge is 0.251 e. The van der Waals surface area contributed by atoms with E-state index >= 15 is 0 Å². The molecule has 0 bridgehead atoms. The third-order valence-electron chi connectivity index (χ3n) is 3.54. The molecule has 5 heteroatoms. The zero-order chi connectivity index (χ0) is 17.5. The van der Waals surface area contributed by atoms with Crippen LogP contribution < -0.4 is 19.5 Å². The quantitative estimate of drug-likeness (QED) is 0.847. The van der Waals surface area contributed by atoms with Gasteiger partial charge in [-0.05, 0) is 44.2 Å². The van der Waals surface area contributed by atoms with E-state index in [1.54, 1.807) is 25.3 Å². The van der Waals surface area contributed by atoms with Crippen LogP contribution in [0.4, 0.5) is 0 Å². The molecular formula is C19H23NO4. The van der Waals surface area contributed by atoms with Gasteiger partial charge in [-0.3, -0.25) is 4.79 Å². The van der Waals surface area contributed by atoms with Gasteiger partial charge in [0.25, 0.3) is 5.91 Å². The summed E-state index contributed by atoms with van der Waals surface area (Å²) in [6, 6.07) is 12.7. The van der Waals surface area contributed by atoms with E-state index in [2.05, 4.69) is 5.32 Å². The standard InChI is InChI=1S/C19H23NO4/c1-13-5-8-16(9-6-13)24-12-14(2)20-19(21)15-7-10-17(22-3)18(11-15)23-4/h5-11,14H,12H2,1-4H3,(H,20,21). The Labute approximate surface area is 142 Å². The molecule has 0 radical (unpaired) electrons. The van der Waals surface area contributed by atoms with E-state index in [0.29, 0.717) is 23.7 Å².